The predicted molar refractivity (Wildman–Crippen MR) is 130 cm³/mol. The zero-order valence-electron chi connectivity index (χ0n) is 19.8. The summed E-state index contributed by atoms with van der Waals surface area (Å²) in [6.45, 7) is 10.4. The fraction of sp³-hybridized carbons (Fsp3) is 0.400. The minimum Gasteiger partial charge on any atom is -0.486 e. The molecule has 0 amide bonds. The lowest BCUT2D eigenvalue weighted by Gasteiger charge is -2.18. The molecule has 0 radical (unpaired) electrons. The molecule has 0 unspecified atom stereocenters. The monoisotopic (exact) mass is 485 g/mol. The molecule has 2 heterocycles. The summed E-state index contributed by atoms with van der Waals surface area (Å²) in [6.07, 6.45) is 0.839. The number of nitrogens with zero attached hydrogens (tertiary/aromatic N) is 2. The van der Waals surface area contributed by atoms with Crippen LogP contribution in [0.3, 0.4) is 0 Å². The molecule has 0 saturated carbocycles. The van der Waals surface area contributed by atoms with Gasteiger partial charge in [0, 0.05) is 18.2 Å². The van der Waals surface area contributed by atoms with Crippen molar-refractivity contribution in [2.24, 2.45) is 0 Å². The van der Waals surface area contributed by atoms with Gasteiger partial charge in [0.25, 0.3) is 0 Å². The van der Waals surface area contributed by atoms with Gasteiger partial charge in [-0.15, -0.1) is 0 Å². The Kier molecular flexibility index (Phi) is 7.43. The topological polar surface area (TPSA) is 93.9 Å². The standard InChI is InChI=1S/C25H31N3O5S/c1-4-28(5-2)13-7-12-26-24-25(27-23(33-24)19-9-6-8-18(3)16-19)34(29,30)20-10-11-21-22(17-20)32-15-14-31-21/h6,8-11,16-17,26H,4-5,7,12-15H2,1-3H3. The van der Waals surface area contributed by atoms with E-state index in [1.54, 1.807) is 6.07 Å². The number of oxazole rings is 1. The van der Waals surface area contributed by atoms with Crippen molar-refractivity contribution in [2.75, 3.05) is 44.7 Å². The Morgan fingerprint density at radius 1 is 1.03 bits per heavy atom. The van der Waals surface area contributed by atoms with Gasteiger partial charge in [-0.2, -0.15) is 4.98 Å². The molecule has 4 rings (SSSR count). The van der Waals surface area contributed by atoms with E-state index < -0.39 is 9.84 Å². The highest BCUT2D eigenvalue weighted by atomic mass is 32.2. The first kappa shape index (κ1) is 24.1. The van der Waals surface area contributed by atoms with E-state index in [0.29, 0.717) is 31.3 Å². The maximum Gasteiger partial charge on any atom is 0.233 e. The van der Waals surface area contributed by atoms with Crippen LogP contribution < -0.4 is 14.8 Å². The minimum absolute atomic E-state index is 0.0760. The quantitative estimate of drug-likeness (QED) is 0.423. The SMILES string of the molecule is CCN(CC)CCCNc1oc(-c2cccc(C)c2)nc1S(=O)(=O)c1ccc2c(c1)OCCO2. The van der Waals surface area contributed by atoms with E-state index in [1.807, 2.05) is 31.2 Å². The van der Waals surface area contributed by atoms with Crippen LogP contribution in [0, 0.1) is 6.92 Å². The number of aryl methyl sites for hydroxylation is 1. The average molecular weight is 486 g/mol. The first-order chi connectivity index (χ1) is 16.4. The second kappa shape index (κ2) is 10.5. The molecule has 1 N–H and O–H groups in total. The number of aromatic nitrogens is 1. The molecule has 0 atom stereocenters. The Labute approximate surface area is 200 Å². The van der Waals surface area contributed by atoms with E-state index in [-0.39, 0.29) is 21.7 Å². The fourth-order valence-electron chi connectivity index (χ4n) is 3.85. The molecule has 1 aliphatic rings. The third kappa shape index (κ3) is 5.20. The zero-order valence-corrected chi connectivity index (χ0v) is 20.7. The molecule has 3 aromatic rings. The lowest BCUT2D eigenvalue weighted by molar-refractivity contribution is 0.171. The molecule has 34 heavy (non-hydrogen) atoms. The van der Waals surface area contributed by atoms with Gasteiger partial charge in [0.2, 0.25) is 26.6 Å². The Morgan fingerprint density at radius 2 is 1.79 bits per heavy atom. The van der Waals surface area contributed by atoms with Crippen molar-refractivity contribution in [2.45, 2.75) is 37.1 Å². The van der Waals surface area contributed by atoms with E-state index >= 15 is 0 Å². The highest BCUT2D eigenvalue weighted by molar-refractivity contribution is 7.91. The average Bonchev–Trinajstić information content (AvgIpc) is 3.29. The highest BCUT2D eigenvalue weighted by Crippen LogP contribution is 2.37. The van der Waals surface area contributed by atoms with Gasteiger partial charge in [0.05, 0.1) is 4.90 Å². The molecule has 8 nitrogen and oxygen atoms in total. The Hall–Kier alpha value is -3.04. The Morgan fingerprint density at radius 3 is 2.53 bits per heavy atom. The summed E-state index contributed by atoms with van der Waals surface area (Å²) < 4.78 is 44.3. The van der Waals surface area contributed by atoms with E-state index in [0.717, 1.165) is 37.2 Å². The van der Waals surface area contributed by atoms with Gasteiger partial charge in [-0.1, -0.05) is 31.5 Å². The number of nitrogens with one attached hydrogen (secondary N) is 1. The van der Waals surface area contributed by atoms with Crippen LogP contribution in [-0.4, -0.2) is 57.7 Å². The van der Waals surface area contributed by atoms with E-state index in [2.05, 4.69) is 29.0 Å². The van der Waals surface area contributed by atoms with Crippen molar-refractivity contribution in [1.82, 2.24) is 9.88 Å². The minimum atomic E-state index is -3.98. The van der Waals surface area contributed by atoms with E-state index in [1.165, 1.54) is 12.1 Å². The molecular formula is C25H31N3O5S. The van der Waals surface area contributed by atoms with E-state index in [9.17, 15) is 8.42 Å². The number of anilines is 1. The Balaban J connectivity index is 1.66. The number of ether oxygens (including phenoxy) is 2. The molecular weight excluding hydrogens is 454 g/mol. The zero-order chi connectivity index (χ0) is 24.1. The van der Waals surface area contributed by atoms with Crippen LogP contribution in [0.5, 0.6) is 11.5 Å². The van der Waals surface area contributed by atoms with Gasteiger partial charge in [0.1, 0.15) is 13.2 Å². The molecule has 1 aliphatic heterocycles. The Bertz CT molecular complexity index is 1240. The van der Waals surface area contributed by atoms with Gasteiger partial charge < -0.3 is 24.1 Å². The summed E-state index contributed by atoms with van der Waals surface area (Å²) in [7, 11) is -3.98. The summed E-state index contributed by atoms with van der Waals surface area (Å²) in [6, 6.07) is 12.2. The van der Waals surface area contributed by atoms with Crippen LogP contribution in [-0.2, 0) is 9.84 Å². The van der Waals surface area contributed by atoms with Crippen molar-refractivity contribution < 1.29 is 22.3 Å². The normalized spacial score (nSPS) is 13.3. The lowest BCUT2D eigenvalue weighted by Crippen LogP contribution is -2.25. The summed E-state index contributed by atoms with van der Waals surface area (Å²) in [5.74, 6) is 1.33. The first-order valence-electron chi connectivity index (χ1n) is 11.6. The van der Waals surface area contributed by atoms with Crippen LogP contribution in [0.15, 0.2) is 56.8 Å². The van der Waals surface area contributed by atoms with Crippen molar-refractivity contribution >= 4 is 15.7 Å². The summed E-state index contributed by atoms with van der Waals surface area (Å²) in [5, 5.41) is 3.03. The maximum atomic E-state index is 13.6. The lowest BCUT2D eigenvalue weighted by atomic mass is 10.1. The van der Waals surface area contributed by atoms with Crippen molar-refractivity contribution in [3.05, 3.63) is 48.0 Å². The third-order valence-corrected chi connectivity index (χ3v) is 7.43. The summed E-state index contributed by atoms with van der Waals surface area (Å²) in [5.41, 5.74) is 1.75. The van der Waals surface area contributed by atoms with Gasteiger partial charge in [0.15, 0.2) is 11.5 Å². The fourth-order valence-corrected chi connectivity index (χ4v) is 5.14. The van der Waals surface area contributed by atoms with Crippen LogP contribution in [0.1, 0.15) is 25.8 Å². The molecule has 0 aliphatic carbocycles. The molecule has 2 aromatic carbocycles. The van der Waals surface area contributed by atoms with Crippen molar-refractivity contribution in [3.8, 4) is 23.0 Å². The number of hydrogen-bond donors (Lipinski definition) is 1. The van der Waals surface area contributed by atoms with Gasteiger partial charge in [-0.3, -0.25) is 0 Å². The van der Waals surface area contributed by atoms with Crippen LogP contribution in [0.4, 0.5) is 5.88 Å². The smallest absolute Gasteiger partial charge is 0.233 e. The largest absolute Gasteiger partial charge is 0.486 e. The van der Waals surface area contributed by atoms with Crippen LogP contribution in [0.25, 0.3) is 11.5 Å². The number of fused-ring (bicyclic) bond motifs is 1. The van der Waals surface area contributed by atoms with Crippen LogP contribution >= 0.6 is 0 Å². The molecule has 182 valence electrons. The van der Waals surface area contributed by atoms with Crippen molar-refractivity contribution in [1.29, 1.82) is 0 Å². The van der Waals surface area contributed by atoms with Crippen molar-refractivity contribution in [3.63, 3.8) is 0 Å². The number of rotatable bonds is 10. The molecule has 1 aromatic heterocycles. The van der Waals surface area contributed by atoms with Gasteiger partial charge >= 0.3 is 0 Å². The number of hydrogen-bond acceptors (Lipinski definition) is 8. The molecule has 0 saturated heterocycles. The van der Waals surface area contributed by atoms with E-state index in [4.69, 9.17) is 13.9 Å². The second-order valence-corrected chi connectivity index (χ2v) is 10.0. The summed E-state index contributed by atoms with van der Waals surface area (Å²) in [4.78, 5) is 6.82. The summed E-state index contributed by atoms with van der Waals surface area (Å²) >= 11 is 0. The maximum absolute atomic E-state index is 13.6. The molecule has 9 heteroatoms. The number of sulfone groups is 1. The van der Waals surface area contributed by atoms with Gasteiger partial charge in [-0.05, 0) is 57.2 Å². The predicted octanol–water partition coefficient (Wildman–Crippen LogP) is 4.40. The second-order valence-electron chi connectivity index (χ2n) is 8.14. The third-order valence-electron chi connectivity index (χ3n) is 5.77. The molecule has 0 fully saturated rings. The highest BCUT2D eigenvalue weighted by Gasteiger charge is 2.30. The van der Waals surface area contributed by atoms with Crippen LogP contribution in [0.2, 0.25) is 0 Å². The first-order valence-corrected chi connectivity index (χ1v) is 13.1. The number of benzene rings is 2. The molecule has 0 bridgehead atoms. The molecule has 0 spiro atoms. The van der Waals surface area contributed by atoms with Gasteiger partial charge in [-0.25, -0.2) is 8.42 Å².